The molecule has 0 spiro atoms. The Morgan fingerprint density at radius 2 is 1.91 bits per heavy atom. The number of halogens is 1. The molecule has 1 aliphatic heterocycles. The maximum atomic E-state index is 12.1. The number of hydrogen-bond acceptors (Lipinski definition) is 4. The minimum absolute atomic E-state index is 0.168. The van der Waals surface area contributed by atoms with Gasteiger partial charge >= 0.3 is 0 Å². The van der Waals surface area contributed by atoms with Gasteiger partial charge in [0.05, 0.1) is 6.21 Å². The molecule has 6 heteroatoms. The number of ether oxygens (including phenoxy) is 2. The first-order valence-corrected chi connectivity index (χ1v) is 7.78. The maximum Gasteiger partial charge on any atom is 0.284 e. The number of hydrazone groups is 1. The molecule has 3 rings (SSSR count). The van der Waals surface area contributed by atoms with E-state index in [0.717, 1.165) is 9.13 Å². The average molecular weight is 408 g/mol. The fourth-order valence-corrected chi connectivity index (χ4v) is 2.49. The van der Waals surface area contributed by atoms with E-state index in [1.807, 2.05) is 36.4 Å². The smallest absolute Gasteiger partial charge is 0.284 e. The highest BCUT2D eigenvalue weighted by Gasteiger charge is 2.26. The normalized spacial score (nSPS) is 16.5. The van der Waals surface area contributed by atoms with Gasteiger partial charge in [-0.2, -0.15) is 5.10 Å². The third-order valence-electron chi connectivity index (χ3n) is 3.08. The first-order valence-electron chi connectivity index (χ1n) is 6.70. The second-order valence-corrected chi connectivity index (χ2v) is 5.78. The molecule has 0 unspecified atom stereocenters. The van der Waals surface area contributed by atoms with Crippen LogP contribution in [0.2, 0.25) is 0 Å². The van der Waals surface area contributed by atoms with E-state index in [9.17, 15) is 4.79 Å². The second kappa shape index (κ2) is 6.78. The molecule has 0 aromatic heterocycles. The molecule has 0 bridgehead atoms. The lowest BCUT2D eigenvalue weighted by atomic mass is 10.2. The fourth-order valence-electron chi connectivity index (χ4n) is 1.97. The molecule has 0 saturated carbocycles. The number of carbonyl (C=O) groups excluding carboxylic acids is 1. The van der Waals surface area contributed by atoms with Gasteiger partial charge < -0.3 is 9.47 Å². The van der Waals surface area contributed by atoms with Crippen molar-refractivity contribution in [3.63, 3.8) is 0 Å². The van der Waals surface area contributed by atoms with Crippen molar-refractivity contribution in [2.24, 2.45) is 5.10 Å². The highest BCUT2D eigenvalue weighted by Crippen LogP contribution is 2.30. The Morgan fingerprint density at radius 3 is 2.73 bits per heavy atom. The van der Waals surface area contributed by atoms with Crippen molar-refractivity contribution < 1.29 is 14.3 Å². The van der Waals surface area contributed by atoms with Gasteiger partial charge in [0.25, 0.3) is 5.91 Å². The predicted octanol–water partition coefficient (Wildman–Crippen LogP) is 2.58. The molecule has 1 atom stereocenters. The van der Waals surface area contributed by atoms with E-state index in [1.165, 1.54) is 0 Å². The van der Waals surface area contributed by atoms with E-state index in [-0.39, 0.29) is 12.5 Å². The third-order valence-corrected chi connectivity index (χ3v) is 4.07. The summed E-state index contributed by atoms with van der Waals surface area (Å²) in [6, 6.07) is 15.0. The molecule has 2 aromatic carbocycles. The number of amides is 1. The zero-order chi connectivity index (χ0) is 15.4. The molecule has 0 aliphatic carbocycles. The van der Waals surface area contributed by atoms with Crippen LogP contribution in [-0.2, 0) is 4.79 Å². The number of benzene rings is 2. The zero-order valence-corrected chi connectivity index (χ0v) is 13.7. The summed E-state index contributed by atoms with van der Waals surface area (Å²) in [7, 11) is 0. The van der Waals surface area contributed by atoms with E-state index in [0.29, 0.717) is 11.5 Å². The molecule has 1 amide bonds. The lowest BCUT2D eigenvalue weighted by molar-refractivity contribution is -0.130. The Morgan fingerprint density at radius 1 is 1.18 bits per heavy atom. The molecular weight excluding hydrogens is 395 g/mol. The molecule has 22 heavy (non-hydrogen) atoms. The molecule has 1 heterocycles. The summed E-state index contributed by atoms with van der Waals surface area (Å²) in [5, 5.41) is 3.97. The molecule has 0 fully saturated rings. The van der Waals surface area contributed by atoms with Crippen LogP contribution in [0.1, 0.15) is 5.56 Å². The summed E-state index contributed by atoms with van der Waals surface area (Å²) < 4.78 is 12.2. The van der Waals surface area contributed by atoms with E-state index < -0.39 is 6.10 Å². The molecule has 1 N–H and O–H groups in total. The molecule has 0 saturated heterocycles. The number of fused-ring (bicyclic) bond motifs is 1. The van der Waals surface area contributed by atoms with Crippen LogP contribution in [0.25, 0.3) is 0 Å². The SMILES string of the molecule is O=C(N/N=C\c1ccccc1I)[C@@H]1COc2ccccc2O1. The van der Waals surface area contributed by atoms with Crippen molar-refractivity contribution in [2.75, 3.05) is 6.61 Å². The Bertz CT molecular complexity index is 718. The van der Waals surface area contributed by atoms with Crippen LogP contribution in [0.5, 0.6) is 11.5 Å². The van der Waals surface area contributed by atoms with Crippen LogP contribution in [-0.4, -0.2) is 24.8 Å². The van der Waals surface area contributed by atoms with Gasteiger partial charge in [-0.25, -0.2) is 5.43 Å². The van der Waals surface area contributed by atoms with Gasteiger partial charge in [-0.1, -0.05) is 30.3 Å². The molecular formula is C16H13IN2O3. The van der Waals surface area contributed by atoms with Crippen molar-refractivity contribution in [1.29, 1.82) is 0 Å². The van der Waals surface area contributed by atoms with Crippen LogP contribution >= 0.6 is 22.6 Å². The summed E-state index contributed by atoms with van der Waals surface area (Å²) in [5.41, 5.74) is 3.42. The van der Waals surface area contributed by atoms with Crippen LogP contribution < -0.4 is 14.9 Å². The zero-order valence-electron chi connectivity index (χ0n) is 11.5. The Labute approximate surface area is 141 Å². The number of nitrogens with one attached hydrogen (secondary N) is 1. The number of para-hydroxylation sites is 2. The fraction of sp³-hybridized carbons (Fsp3) is 0.125. The van der Waals surface area contributed by atoms with Gasteiger partial charge in [0.1, 0.15) is 6.61 Å². The van der Waals surface area contributed by atoms with Gasteiger partial charge in [-0.3, -0.25) is 4.79 Å². The van der Waals surface area contributed by atoms with Crippen LogP contribution in [0.15, 0.2) is 53.6 Å². The summed E-state index contributed by atoms with van der Waals surface area (Å²) in [5.74, 6) is 0.876. The van der Waals surface area contributed by atoms with Crippen molar-refractivity contribution in [3.8, 4) is 11.5 Å². The Kier molecular flexibility index (Phi) is 4.57. The molecule has 1 aliphatic rings. The highest BCUT2D eigenvalue weighted by atomic mass is 127. The summed E-state index contributed by atoms with van der Waals surface area (Å²) in [4.78, 5) is 12.1. The summed E-state index contributed by atoms with van der Waals surface area (Å²) >= 11 is 2.21. The predicted molar refractivity (Wildman–Crippen MR) is 91.2 cm³/mol. The van der Waals surface area contributed by atoms with E-state index >= 15 is 0 Å². The molecule has 0 radical (unpaired) electrons. The summed E-state index contributed by atoms with van der Waals surface area (Å²) in [6.07, 6.45) is 0.902. The van der Waals surface area contributed by atoms with Crippen molar-refractivity contribution in [1.82, 2.24) is 5.43 Å². The van der Waals surface area contributed by atoms with E-state index in [4.69, 9.17) is 9.47 Å². The average Bonchev–Trinajstić information content (AvgIpc) is 2.56. The quantitative estimate of drug-likeness (QED) is 0.483. The third kappa shape index (κ3) is 3.38. The topological polar surface area (TPSA) is 59.9 Å². The van der Waals surface area contributed by atoms with Crippen molar-refractivity contribution in [2.45, 2.75) is 6.10 Å². The number of carbonyl (C=O) groups is 1. The largest absolute Gasteiger partial charge is 0.485 e. The van der Waals surface area contributed by atoms with Crippen molar-refractivity contribution >= 4 is 34.7 Å². The van der Waals surface area contributed by atoms with Gasteiger partial charge in [0.2, 0.25) is 6.10 Å². The van der Waals surface area contributed by atoms with Crippen LogP contribution in [0.4, 0.5) is 0 Å². The lowest BCUT2D eigenvalue weighted by Crippen LogP contribution is -2.42. The van der Waals surface area contributed by atoms with Crippen LogP contribution in [0.3, 0.4) is 0 Å². The monoisotopic (exact) mass is 408 g/mol. The highest BCUT2D eigenvalue weighted by molar-refractivity contribution is 14.1. The first kappa shape index (κ1) is 14.8. The maximum absolute atomic E-state index is 12.1. The Balaban J connectivity index is 1.60. The minimum Gasteiger partial charge on any atom is -0.485 e. The summed E-state index contributed by atoms with van der Waals surface area (Å²) in [6.45, 7) is 0.168. The second-order valence-electron chi connectivity index (χ2n) is 4.62. The van der Waals surface area contributed by atoms with Gasteiger partial charge in [-0.15, -0.1) is 0 Å². The number of rotatable bonds is 3. The van der Waals surface area contributed by atoms with Crippen LogP contribution in [0, 0.1) is 3.57 Å². The molecule has 5 nitrogen and oxygen atoms in total. The number of hydrogen-bond donors (Lipinski definition) is 1. The van der Waals surface area contributed by atoms with Crippen molar-refractivity contribution in [3.05, 3.63) is 57.7 Å². The van der Waals surface area contributed by atoms with E-state index in [2.05, 4.69) is 33.1 Å². The van der Waals surface area contributed by atoms with E-state index in [1.54, 1.807) is 18.3 Å². The molecule has 112 valence electrons. The molecule has 2 aromatic rings. The van der Waals surface area contributed by atoms with Gasteiger partial charge in [0.15, 0.2) is 11.5 Å². The minimum atomic E-state index is -0.707. The Hall–Kier alpha value is -2.09. The first-order chi connectivity index (χ1) is 10.7. The van der Waals surface area contributed by atoms with Gasteiger partial charge in [0, 0.05) is 9.13 Å². The lowest BCUT2D eigenvalue weighted by Gasteiger charge is -2.24. The standard InChI is InChI=1S/C16H13IN2O3/c17-12-6-2-1-5-11(12)9-18-19-16(20)15-10-21-13-7-3-4-8-14(13)22-15/h1-9,15H,10H2,(H,19,20)/b18-9-/t15-/m0/s1. The van der Waals surface area contributed by atoms with Gasteiger partial charge in [-0.05, 0) is 40.8 Å². The number of nitrogens with zero attached hydrogens (tertiary/aromatic N) is 1.